The molecule has 160 valence electrons. The Labute approximate surface area is 199 Å². The molecule has 0 aromatic heterocycles. The first-order chi connectivity index (χ1) is 14.7. The van der Waals surface area contributed by atoms with E-state index < -0.39 is 17.9 Å². The first-order valence-electron chi connectivity index (χ1n) is 9.02. The Balaban J connectivity index is 1.65. The van der Waals surface area contributed by atoms with Gasteiger partial charge >= 0.3 is 0 Å². The first-order valence-corrected chi connectivity index (χ1v) is 10.5. The van der Waals surface area contributed by atoms with Crippen molar-refractivity contribution in [1.29, 1.82) is 0 Å². The molecule has 2 amide bonds. The van der Waals surface area contributed by atoms with Crippen molar-refractivity contribution in [3.05, 3.63) is 86.3 Å². The van der Waals surface area contributed by atoms with Crippen LogP contribution in [-0.2, 0) is 4.79 Å². The Morgan fingerprint density at radius 2 is 1.42 bits per heavy atom. The van der Waals surface area contributed by atoms with Crippen molar-refractivity contribution in [3.8, 4) is 5.75 Å². The molecule has 0 spiro atoms. The molecule has 0 fully saturated rings. The molecular formula is C22H16Cl4N2O3. The summed E-state index contributed by atoms with van der Waals surface area (Å²) in [4.78, 5) is 25.0. The minimum absolute atomic E-state index is 0.237. The molecule has 0 aliphatic heterocycles. The number of halogens is 4. The number of carbonyl (C=O) groups is 2. The van der Waals surface area contributed by atoms with E-state index in [0.717, 1.165) is 0 Å². The fourth-order valence-corrected chi connectivity index (χ4v) is 3.55. The second-order valence-electron chi connectivity index (χ2n) is 6.48. The van der Waals surface area contributed by atoms with Crippen molar-refractivity contribution < 1.29 is 14.3 Å². The molecule has 0 heterocycles. The van der Waals surface area contributed by atoms with Gasteiger partial charge in [0.25, 0.3) is 11.8 Å². The lowest BCUT2D eigenvalue weighted by Crippen LogP contribution is -2.30. The Hall–Kier alpha value is -2.44. The topological polar surface area (TPSA) is 67.4 Å². The first kappa shape index (κ1) is 23.2. The van der Waals surface area contributed by atoms with Gasteiger partial charge in [0.05, 0.1) is 15.6 Å². The van der Waals surface area contributed by atoms with Crippen LogP contribution in [0.3, 0.4) is 0 Å². The van der Waals surface area contributed by atoms with Crippen molar-refractivity contribution in [1.82, 2.24) is 0 Å². The number of hydrogen-bond donors (Lipinski definition) is 2. The van der Waals surface area contributed by atoms with Crippen LogP contribution < -0.4 is 15.4 Å². The maximum Gasteiger partial charge on any atom is 0.265 e. The van der Waals surface area contributed by atoms with Crippen molar-refractivity contribution in [2.75, 3.05) is 10.6 Å². The third-order valence-electron chi connectivity index (χ3n) is 4.13. The molecule has 0 aliphatic rings. The number of carbonyl (C=O) groups excluding carboxylic acids is 2. The van der Waals surface area contributed by atoms with E-state index in [-0.39, 0.29) is 10.6 Å². The fourth-order valence-electron chi connectivity index (χ4n) is 2.61. The van der Waals surface area contributed by atoms with Gasteiger partial charge < -0.3 is 15.4 Å². The number of amides is 2. The molecule has 3 aromatic carbocycles. The zero-order valence-corrected chi connectivity index (χ0v) is 19.1. The fraction of sp³-hybridized carbons (Fsp3) is 0.0909. The van der Waals surface area contributed by atoms with Gasteiger partial charge in [-0.1, -0.05) is 52.5 Å². The summed E-state index contributed by atoms with van der Waals surface area (Å²) in [5.41, 5.74) is 1.23. The van der Waals surface area contributed by atoms with Gasteiger partial charge in [-0.05, 0) is 61.5 Å². The van der Waals surface area contributed by atoms with Crippen LogP contribution in [0.15, 0.2) is 60.7 Å². The van der Waals surface area contributed by atoms with Crippen molar-refractivity contribution in [3.63, 3.8) is 0 Å². The van der Waals surface area contributed by atoms with Crippen LogP contribution in [0.5, 0.6) is 5.75 Å². The summed E-state index contributed by atoms with van der Waals surface area (Å²) < 4.78 is 5.61. The zero-order chi connectivity index (χ0) is 22.5. The van der Waals surface area contributed by atoms with Gasteiger partial charge in [0.15, 0.2) is 6.10 Å². The molecule has 0 bridgehead atoms. The third-order valence-corrected chi connectivity index (χ3v) is 5.21. The highest BCUT2D eigenvalue weighted by molar-refractivity contribution is 6.37. The van der Waals surface area contributed by atoms with E-state index in [0.29, 0.717) is 32.2 Å². The molecular weight excluding hydrogens is 482 g/mol. The van der Waals surface area contributed by atoms with Crippen LogP contribution in [0.4, 0.5) is 11.4 Å². The highest BCUT2D eigenvalue weighted by Crippen LogP contribution is 2.28. The number of rotatable bonds is 6. The highest BCUT2D eigenvalue weighted by atomic mass is 35.5. The third kappa shape index (κ3) is 6.28. The van der Waals surface area contributed by atoms with Gasteiger partial charge in [-0.15, -0.1) is 0 Å². The van der Waals surface area contributed by atoms with E-state index in [9.17, 15) is 9.59 Å². The molecule has 0 saturated carbocycles. The molecule has 9 heteroatoms. The molecule has 3 aromatic rings. The van der Waals surface area contributed by atoms with E-state index in [2.05, 4.69) is 10.6 Å². The SMILES string of the molecule is C[C@H](Oc1ccc(Cl)cc1Cl)C(=O)Nc1cccc(NC(=O)c2ccc(Cl)cc2Cl)c1. The molecule has 3 rings (SSSR count). The highest BCUT2D eigenvalue weighted by Gasteiger charge is 2.17. The van der Waals surface area contributed by atoms with Gasteiger partial charge in [0.2, 0.25) is 0 Å². The molecule has 31 heavy (non-hydrogen) atoms. The Morgan fingerprint density at radius 1 is 0.806 bits per heavy atom. The predicted octanol–water partition coefficient (Wildman–Crippen LogP) is 6.96. The monoisotopic (exact) mass is 496 g/mol. The summed E-state index contributed by atoms with van der Waals surface area (Å²) >= 11 is 23.9. The Bertz CT molecular complexity index is 1140. The number of nitrogens with one attached hydrogen (secondary N) is 2. The van der Waals surface area contributed by atoms with Crippen LogP contribution in [-0.4, -0.2) is 17.9 Å². The molecule has 0 unspecified atom stereocenters. The van der Waals surface area contributed by atoms with Crippen LogP contribution in [0.2, 0.25) is 20.1 Å². The Morgan fingerprint density at radius 3 is 2.06 bits per heavy atom. The van der Waals surface area contributed by atoms with E-state index in [1.165, 1.54) is 18.2 Å². The summed E-state index contributed by atoms with van der Waals surface area (Å²) in [5, 5.41) is 6.91. The van der Waals surface area contributed by atoms with Gasteiger partial charge in [-0.2, -0.15) is 0 Å². The average Bonchev–Trinajstić information content (AvgIpc) is 2.70. The summed E-state index contributed by atoms with van der Waals surface area (Å²) in [5.74, 6) is -0.455. The lowest BCUT2D eigenvalue weighted by molar-refractivity contribution is -0.122. The van der Waals surface area contributed by atoms with Gasteiger partial charge in [-0.25, -0.2) is 0 Å². The summed E-state index contributed by atoms with van der Waals surface area (Å²) in [6.45, 7) is 1.59. The minimum atomic E-state index is -0.829. The van der Waals surface area contributed by atoms with E-state index in [4.69, 9.17) is 51.1 Å². The minimum Gasteiger partial charge on any atom is -0.479 e. The zero-order valence-electron chi connectivity index (χ0n) is 16.1. The molecule has 0 saturated heterocycles. The quantitative estimate of drug-likeness (QED) is 0.386. The molecule has 0 aliphatic carbocycles. The number of hydrogen-bond acceptors (Lipinski definition) is 3. The molecule has 2 N–H and O–H groups in total. The van der Waals surface area contributed by atoms with E-state index in [1.54, 1.807) is 49.4 Å². The molecule has 5 nitrogen and oxygen atoms in total. The van der Waals surface area contributed by atoms with E-state index in [1.807, 2.05) is 0 Å². The smallest absolute Gasteiger partial charge is 0.265 e. The molecule has 0 radical (unpaired) electrons. The Kier molecular flexibility index (Phi) is 7.68. The van der Waals surface area contributed by atoms with Crippen molar-refractivity contribution in [2.45, 2.75) is 13.0 Å². The van der Waals surface area contributed by atoms with Crippen molar-refractivity contribution >= 4 is 69.6 Å². The largest absolute Gasteiger partial charge is 0.479 e. The second kappa shape index (κ2) is 10.2. The number of anilines is 2. The standard InChI is InChI=1S/C22H16Cl4N2O3/c1-12(31-20-8-6-14(24)10-19(20)26)21(29)27-15-3-2-4-16(11-15)28-22(30)17-7-5-13(23)9-18(17)25/h2-12H,1H3,(H,27,29)(H,28,30)/t12-/m0/s1. The lowest BCUT2D eigenvalue weighted by Gasteiger charge is -2.16. The predicted molar refractivity (Wildman–Crippen MR) is 126 cm³/mol. The van der Waals surface area contributed by atoms with Gasteiger partial charge in [0, 0.05) is 21.4 Å². The second-order valence-corrected chi connectivity index (χ2v) is 8.17. The van der Waals surface area contributed by atoms with Crippen LogP contribution in [0.1, 0.15) is 17.3 Å². The van der Waals surface area contributed by atoms with Gasteiger partial charge in [0.1, 0.15) is 5.75 Å². The normalized spacial score (nSPS) is 11.5. The maximum atomic E-state index is 12.5. The lowest BCUT2D eigenvalue weighted by atomic mass is 10.2. The summed E-state index contributed by atoms with van der Waals surface area (Å²) in [6.07, 6.45) is -0.829. The average molecular weight is 498 g/mol. The summed E-state index contributed by atoms with van der Waals surface area (Å²) in [6, 6.07) is 16.0. The van der Waals surface area contributed by atoms with E-state index >= 15 is 0 Å². The summed E-state index contributed by atoms with van der Waals surface area (Å²) in [7, 11) is 0. The van der Waals surface area contributed by atoms with Crippen LogP contribution >= 0.6 is 46.4 Å². The van der Waals surface area contributed by atoms with Gasteiger partial charge in [-0.3, -0.25) is 9.59 Å². The van der Waals surface area contributed by atoms with Crippen LogP contribution in [0.25, 0.3) is 0 Å². The molecule has 1 atom stereocenters. The number of ether oxygens (including phenoxy) is 1. The van der Waals surface area contributed by atoms with Crippen molar-refractivity contribution in [2.24, 2.45) is 0 Å². The number of benzene rings is 3. The van der Waals surface area contributed by atoms with Crippen LogP contribution in [0, 0.1) is 0 Å². The maximum absolute atomic E-state index is 12.5.